The van der Waals surface area contributed by atoms with Crippen molar-refractivity contribution >= 4 is 27.3 Å². The van der Waals surface area contributed by atoms with Crippen LogP contribution in [0.5, 0.6) is 11.5 Å². The van der Waals surface area contributed by atoms with Gasteiger partial charge in [0.25, 0.3) is 5.91 Å². The Labute approximate surface area is 181 Å². The van der Waals surface area contributed by atoms with Crippen LogP contribution in [0, 0.1) is 17.0 Å². The molecule has 11 heteroatoms. The molecule has 2 rings (SSSR count). The molecule has 0 spiro atoms. The lowest BCUT2D eigenvalue weighted by Crippen LogP contribution is -2.30. The molecule has 0 aliphatic heterocycles. The van der Waals surface area contributed by atoms with Crippen LogP contribution in [0.2, 0.25) is 0 Å². The summed E-state index contributed by atoms with van der Waals surface area (Å²) in [6, 6.07) is 8.47. The Kier molecular flexibility index (Phi) is 7.95. The zero-order valence-corrected chi connectivity index (χ0v) is 18.6. The van der Waals surface area contributed by atoms with Gasteiger partial charge in [-0.3, -0.25) is 14.9 Å². The first-order chi connectivity index (χ1) is 14.6. The van der Waals surface area contributed by atoms with Gasteiger partial charge in [-0.2, -0.15) is 4.31 Å². The number of sulfonamides is 1. The Morgan fingerprint density at radius 2 is 1.81 bits per heavy atom. The van der Waals surface area contributed by atoms with Crippen LogP contribution in [0.1, 0.15) is 19.4 Å². The number of hydrogen-bond acceptors (Lipinski definition) is 7. The van der Waals surface area contributed by atoms with Gasteiger partial charge in [-0.15, -0.1) is 0 Å². The minimum atomic E-state index is -3.74. The van der Waals surface area contributed by atoms with Gasteiger partial charge in [0, 0.05) is 19.2 Å². The van der Waals surface area contributed by atoms with Gasteiger partial charge < -0.3 is 14.8 Å². The van der Waals surface area contributed by atoms with E-state index in [-0.39, 0.29) is 27.8 Å². The highest BCUT2D eigenvalue weighted by Gasteiger charge is 2.23. The van der Waals surface area contributed by atoms with Crippen molar-refractivity contribution in [3.63, 3.8) is 0 Å². The maximum absolute atomic E-state index is 12.8. The number of nitro benzene ring substituents is 1. The molecule has 0 saturated carbocycles. The summed E-state index contributed by atoms with van der Waals surface area (Å²) in [4.78, 5) is 22.9. The minimum absolute atomic E-state index is 0.00235. The Balaban J connectivity index is 2.23. The molecule has 2 aromatic carbocycles. The number of rotatable bonds is 10. The molecule has 0 fully saturated rings. The molecule has 1 amide bonds. The van der Waals surface area contributed by atoms with Gasteiger partial charge in [0.05, 0.1) is 22.6 Å². The van der Waals surface area contributed by atoms with Crippen LogP contribution in [0.4, 0.5) is 11.4 Å². The molecule has 2 aromatic rings. The third kappa shape index (κ3) is 5.70. The fraction of sp³-hybridized carbons (Fsp3) is 0.350. The molecule has 0 heterocycles. The maximum atomic E-state index is 12.8. The van der Waals surface area contributed by atoms with Crippen LogP contribution in [-0.2, 0) is 14.8 Å². The second kappa shape index (κ2) is 10.2. The van der Waals surface area contributed by atoms with E-state index >= 15 is 0 Å². The molecule has 168 valence electrons. The third-order valence-corrected chi connectivity index (χ3v) is 6.50. The standard InChI is InChI=1S/C20H25N3O7S/c1-5-22(6-2)31(27,28)15-8-10-18(29-4)16(12-15)21-20(24)13-30-19-11-14(3)7-9-17(19)23(25)26/h7-12H,5-6,13H2,1-4H3,(H,21,24). The van der Waals surface area contributed by atoms with Crippen molar-refractivity contribution in [2.24, 2.45) is 0 Å². The number of nitro groups is 1. The summed E-state index contributed by atoms with van der Waals surface area (Å²) in [6.45, 7) is 5.29. The zero-order chi connectivity index (χ0) is 23.2. The van der Waals surface area contributed by atoms with Crippen molar-refractivity contribution in [2.45, 2.75) is 25.7 Å². The summed E-state index contributed by atoms with van der Waals surface area (Å²) in [5, 5.41) is 13.7. The van der Waals surface area contributed by atoms with E-state index in [2.05, 4.69) is 5.32 Å². The molecule has 1 N–H and O–H groups in total. The number of methoxy groups -OCH3 is 1. The monoisotopic (exact) mass is 451 g/mol. The van der Waals surface area contributed by atoms with Gasteiger partial charge in [0.1, 0.15) is 5.75 Å². The van der Waals surface area contributed by atoms with Crippen molar-refractivity contribution in [2.75, 3.05) is 32.1 Å². The fourth-order valence-corrected chi connectivity index (χ4v) is 4.36. The fourth-order valence-electron chi connectivity index (χ4n) is 2.88. The van der Waals surface area contributed by atoms with E-state index in [0.717, 1.165) is 5.56 Å². The minimum Gasteiger partial charge on any atom is -0.495 e. The second-order valence-corrected chi connectivity index (χ2v) is 8.45. The first kappa shape index (κ1) is 24.1. The number of nitrogens with zero attached hydrogens (tertiary/aromatic N) is 2. The second-order valence-electron chi connectivity index (χ2n) is 6.52. The van der Waals surface area contributed by atoms with Gasteiger partial charge >= 0.3 is 5.69 Å². The Bertz CT molecular complexity index is 1070. The number of hydrogen-bond donors (Lipinski definition) is 1. The Morgan fingerprint density at radius 1 is 1.13 bits per heavy atom. The Hall–Kier alpha value is -3.18. The average Bonchev–Trinajstić information content (AvgIpc) is 2.72. The first-order valence-electron chi connectivity index (χ1n) is 9.49. The van der Waals surface area contributed by atoms with E-state index in [1.54, 1.807) is 26.8 Å². The van der Waals surface area contributed by atoms with E-state index in [0.29, 0.717) is 13.1 Å². The molecule has 0 radical (unpaired) electrons. The van der Waals surface area contributed by atoms with E-state index < -0.39 is 27.5 Å². The summed E-state index contributed by atoms with van der Waals surface area (Å²) in [7, 11) is -2.35. The number of ether oxygens (including phenoxy) is 2. The quantitative estimate of drug-likeness (QED) is 0.434. The summed E-state index contributed by atoms with van der Waals surface area (Å²) in [6.07, 6.45) is 0. The van der Waals surface area contributed by atoms with Gasteiger partial charge in [0.2, 0.25) is 10.0 Å². The molecular weight excluding hydrogens is 426 g/mol. The van der Waals surface area contributed by atoms with Crippen LogP contribution < -0.4 is 14.8 Å². The van der Waals surface area contributed by atoms with Crippen molar-refractivity contribution < 1.29 is 27.6 Å². The number of amides is 1. The highest BCUT2D eigenvalue weighted by atomic mass is 32.2. The number of anilines is 1. The first-order valence-corrected chi connectivity index (χ1v) is 10.9. The summed E-state index contributed by atoms with van der Waals surface area (Å²) >= 11 is 0. The van der Waals surface area contributed by atoms with E-state index in [1.807, 2.05) is 0 Å². The number of nitrogens with one attached hydrogen (secondary N) is 1. The summed E-state index contributed by atoms with van der Waals surface area (Å²) in [5.74, 6) is -0.412. The molecule has 0 atom stereocenters. The number of aryl methyl sites for hydroxylation is 1. The van der Waals surface area contributed by atoms with Gasteiger partial charge in [-0.1, -0.05) is 19.9 Å². The molecule has 31 heavy (non-hydrogen) atoms. The molecule has 0 saturated heterocycles. The van der Waals surface area contributed by atoms with E-state index in [1.165, 1.54) is 41.7 Å². The molecule has 10 nitrogen and oxygen atoms in total. The van der Waals surface area contributed by atoms with Crippen LogP contribution in [-0.4, -0.2) is 50.4 Å². The van der Waals surface area contributed by atoms with Crippen molar-refractivity contribution in [1.82, 2.24) is 4.31 Å². The van der Waals surface area contributed by atoms with Gasteiger partial charge in [-0.05, 0) is 36.8 Å². The van der Waals surface area contributed by atoms with Crippen LogP contribution >= 0.6 is 0 Å². The predicted octanol–water partition coefficient (Wildman–Crippen LogP) is 2.96. The largest absolute Gasteiger partial charge is 0.495 e. The topological polar surface area (TPSA) is 128 Å². The summed E-state index contributed by atoms with van der Waals surface area (Å²) < 4.78 is 37.4. The Morgan fingerprint density at radius 3 is 2.39 bits per heavy atom. The molecular formula is C20H25N3O7S. The molecule has 0 aliphatic carbocycles. The summed E-state index contributed by atoms with van der Waals surface area (Å²) in [5.41, 5.74) is 0.614. The van der Waals surface area contributed by atoms with Crippen LogP contribution in [0.25, 0.3) is 0 Å². The lowest BCUT2D eigenvalue weighted by atomic mass is 10.2. The SMILES string of the molecule is CCN(CC)S(=O)(=O)c1ccc(OC)c(NC(=O)COc2cc(C)ccc2[N+](=O)[O-])c1. The van der Waals surface area contributed by atoms with Crippen molar-refractivity contribution in [3.05, 3.63) is 52.1 Å². The zero-order valence-electron chi connectivity index (χ0n) is 17.7. The van der Waals surface area contributed by atoms with E-state index in [4.69, 9.17) is 9.47 Å². The average molecular weight is 452 g/mol. The van der Waals surface area contributed by atoms with Gasteiger partial charge in [0.15, 0.2) is 12.4 Å². The highest BCUT2D eigenvalue weighted by molar-refractivity contribution is 7.89. The van der Waals surface area contributed by atoms with Crippen molar-refractivity contribution in [3.8, 4) is 11.5 Å². The van der Waals surface area contributed by atoms with Crippen LogP contribution in [0.3, 0.4) is 0 Å². The number of carbonyl (C=O) groups excluding carboxylic acids is 1. The van der Waals surface area contributed by atoms with Gasteiger partial charge in [-0.25, -0.2) is 8.42 Å². The molecule has 0 bridgehead atoms. The number of carbonyl (C=O) groups is 1. The lowest BCUT2D eigenvalue weighted by molar-refractivity contribution is -0.385. The normalized spacial score (nSPS) is 11.3. The lowest BCUT2D eigenvalue weighted by Gasteiger charge is -2.19. The van der Waals surface area contributed by atoms with E-state index in [9.17, 15) is 23.3 Å². The predicted molar refractivity (Wildman–Crippen MR) is 115 cm³/mol. The van der Waals surface area contributed by atoms with Crippen LogP contribution in [0.15, 0.2) is 41.3 Å². The molecule has 0 unspecified atom stereocenters. The highest BCUT2D eigenvalue weighted by Crippen LogP contribution is 2.30. The molecule has 0 aliphatic rings. The number of benzene rings is 2. The van der Waals surface area contributed by atoms with Crippen molar-refractivity contribution in [1.29, 1.82) is 0 Å². The maximum Gasteiger partial charge on any atom is 0.310 e. The molecule has 0 aromatic heterocycles. The smallest absolute Gasteiger partial charge is 0.310 e. The third-order valence-electron chi connectivity index (χ3n) is 4.46.